The molecule has 3 rings (SSSR count). The molecule has 0 amide bonds. The molecule has 1 aromatic carbocycles. The van der Waals surface area contributed by atoms with E-state index < -0.39 is 22.9 Å². The van der Waals surface area contributed by atoms with Crippen molar-refractivity contribution in [1.82, 2.24) is 14.3 Å². The second kappa shape index (κ2) is 19.8. The minimum atomic E-state index is -0.985. The van der Waals surface area contributed by atoms with Gasteiger partial charge in [-0.3, -0.25) is 9.59 Å². The lowest BCUT2D eigenvalue weighted by Gasteiger charge is -2.38. The highest BCUT2D eigenvalue weighted by Gasteiger charge is 2.27. The number of anilines is 1. The third-order valence-corrected chi connectivity index (χ3v) is 7.88. The first-order valence-electron chi connectivity index (χ1n) is 14.8. The Kier molecular flexibility index (Phi) is 16.3. The Morgan fingerprint density at radius 3 is 2.59 bits per heavy atom. The monoisotopic (exact) mass is 667 g/mol. The number of ether oxygens (including phenoxy) is 1. The van der Waals surface area contributed by atoms with Crippen LogP contribution in [-0.2, 0) is 14.5 Å². The highest BCUT2D eigenvalue weighted by molar-refractivity contribution is 7.97. The minimum Gasteiger partial charge on any atom is -0.493 e. The van der Waals surface area contributed by atoms with Crippen LogP contribution in [0.1, 0.15) is 64.5 Å². The number of rotatable bonds is 20. The molecule has 1 aromatic heterocycles. The molecule has 254 valence electrons. The lowest BCUT2D eigenvalue weighted by molar-refractivity contribution is -0.790. The van der Waals surface area contributed by atoms with Crippen molar-refractivity contribution in [2.75, 3.05) is 38.7 Å². The molecule has 2 heterocycles. The largest absolute Gasteiger partial charge is 0.493 e. The van der Waals surface area contributed by atoms with Crippen LogP contribution in [0.3, 0.4) is 0 Å². The number of carboxylic acid groups (broad SMARTS) is 1. The van der Waals surface area contributed by atoms with Crippen LogP contribution >= 0.6 is 11.9 Å². The molecule has 17 nitrogen and oxygen atoms in total. The van der Waals surface area contributed by atoms with Gasteiger partial charge in [-0.25, -0.2) is 9.29 Å². The minimum absolute atomic E-state index is 0.250. The highest BCUT2D eigenvalue weighted by Crippen LogP contribution is 2.37. The number of aromatic nitrogens is 2. The quantitative estimate of drug-likeness (QED) is 0.0382. The van der Waals surface area contributed by atoms with E-state index in [2.05, 4.69) is 29.3 Å². The third-order valence-electron chi connectivity index (χ3n) is 6.86. The normalized spacial score (nSPS) is 13.4. The maximum Gasteiger partial charge on any atom is 0.294 e. The van der Waals surface area contributed by atoms with Gasteiger partial charge in [-0.05, 0) is 62.3 Å². The van der Waals surface area contributed by atoms with Crippen molar-refractivity contribution in [2.24, 2.45) is 5.92 Å². The summed E-state index contributed by atoms with van der Waals surface area (Å²) < 4.78 is 8.10. The average Bonchev–Trinajstić information content (AvgIpc) is 2.98. The van der Waals surface area contributed by atoms with Crippen LogP contribution in [0.5, 0.6) is 5.75 Å². The first kappa shape index (κ1) is 37.7. The number of nitrogens with zero attached hydrogens (tertiary/aromatic N) is 4. The Morgan fingerprint density at radius 2 is 1.98 bits per heavy atom. The number of benzene rings is 1. The number of nitrogens with one attached hydrogen (secondary N) is 3. The summed E-state index contributed by atoms with van der Waals surface area (Å²) in [5, 5.41) is 37.2. The summed E-state index contributed by atoms with van der Waals surface area (Å²) in [5.41, 5.74) is 1.20. The molecule has 1 aliphatic rings. The first-order chi connectivity index (χ1) is 22.1. The van der Waals surface area contributed by atoms with Crippen molar-refractivity contribution in [3.05, 3.63) is 54.5 Å². The van der Waals surface area contributed by atoms with Gasteiger partial charge in [0.05, 0.1) is 17.9 Å². The molecule has 2 aromatic rings. The Labute approximate surface area is 269 Å². The summed E-state index contributed by atoms with van der Waals surface area (Å²) in [4.78, 5) is 59.4. The second-order valence-electron chi connectivity index (χ2n) is 10.2. The van der Waals surface area contributed by atoms with E-state index in [1.54, 1.807) is 19.0 Å². The van der Waals surface area contributed by atoms with Crippen molar-refractivity contribution in [2.45, 2.75) is 69.8 Å². The lowest BCUT2D eigenvalue weighted by atomic mass is 9.95. The second-order valence-corrected chi connectivity index (χ2v) is 11.4. The van der Waals surface area contributed by atoms with Crippen molar-refractivity contribution < 1.29 is 34.5 Å². The summed E-state index contributed by atoms with van der Waals surface area (Å²) in [7, 11) is 1.64. The Morgan fingerprint density at radius 1 is 1.26 bits per heavy atom. The van der Waals surface area contributed by atoms with Crippen LogP contribution in [0.25, 0.3) is 11.4 Å². The average molecular weight is 668 g/mol. The predicted molar refractivity (Wildman–Crippen MR) is 170 cm³/mol. The van der Waals surface area contributed by atoms with Crippen molar-refractivity contribution in [3.8, 4) is 17.1 Å². The van der Waals surface area contributed by atoms with E-state index in [1.807, 2.05) is 32.0 Å². The van der Waals surface area contributed by atoms with E-state index in [1.165, 1.54) is 0 Å². The molecule has 0 aliphatic carbocycles. The Balaban J connectivity index is 0.00000236. The van der Waals surface area contributed by atoms with Gasteiger partial charge in [0.2, 0.25) is 0 Å². The van der Waals surface area contributed by atoms with Gasteiger partial charge in [0, 0.05) is 25.0 Å². The van der Waals surface area contributed by atoms with E-state index in [0.717, 1.165) is 43.7 Å². The topological polar surface area (TPSA) is 236 Å². The fraction of sp³-hybridized carbons (Fsp3) is 0.571. The Hall–Kier alpha value is -4.45. The molecule has 18 heteroatoms. The fourth-order valence-corrected chi connectivity index (χ4v) is 5.96. The van der Waals surface area contributed by atoms with Gasteiger partial charge in [0.15, 0.2) is 0 Å². The molecule has 46 heavy (non-hydrogen) atoms. The van der Waals surface area contributed by atoms with E-state index in [9.17, 15) is 25.0 Å². The molecule has 1 fully saturated rings. The van der Waals surface area contributed by atoms with Crippen LogP contribution in [-0.4, -0.2) is 81.2 Å². The van der Waals surface area contributed by atoms with Gasteiger partial charge < -0.3 is 35.2 Å². The zero-order valence-electron chi connectivity index (χ0n) is 26.1. The van der Waals surface area contributed by atoms with Crippen LogP contribution in [0, 0.1) is 31.6 Å². The van der Waals surface area contributed by atoms with Gasteiger partial charge >= 0.3 is 0 Å². The molecule has 0 bridgehead atoms. The van der Waals surface area contributed by atoms with E-state index in [-0.39, 0.29) is 17.7 Å². The molecule has 1 atom stereocenters. The molecule has 0 spiro atoms. The molecule has 0 radical (unpaired) electrons. The lowest BCUT2D eigenvalue weighted by Crippen LogP contribution is -2.41. The van der Waals surface area contributed by atoms with Gasteiger partial charge in [-0.15, -0.1) is 20.2 Å². The van der Waals surface area contributed by atoms with E-state index >= 15 is 0 Å². The number of carbonyl (C=O) groups is 1. The van der Waals surface area contributed by atoms with Gasteiger partial charge in [-0.1, -0.05) is 32.6 Å². The Bertz CT molecular complexity index is 1370. The summed E-state index contributed by atoms with van der Waals surface area (Å²) in [5.74, 6) is 1.47. The van der Waals surface area contributed by atoms with E-state index in [4.69, 9.17) is 20.0 Å². The number of hydrogen-bond acceptors (Lipinski definition) is 14. The molecular weight excluding hydrogens is 626 g/mol. The van der Waals surface area contributed by atoms with Crippen LogP contribution in [0.2, 0.25) is 0 Å². The number of aromatic amines is 1. The zero-order valence-corrected chi connectivity index (χ0v) is 26.9. The standard InChI is InChI=1S/C27H39N7O8S.CH2O2/c1-4-9-22(28)24-25(29-3)27(35)31-26(30-24)21-14-20(12-13-23(21)40-5-2)43-32-15-18(16-32)10-7-6-8-11-19(42-34(38)39)17-41-33(36)37;2-1-3/h12-14,18-19,28-29H,4-11,15-17H2,1-3H3,(H,30,31,35);1H,(H,2,3). The fourth-order valence-electron chi connectivity index (χ4n) is 4.79. The van der Waals surface area contributed by atoms with Gasteiger partial charge in [0.1, 0.15) is 35.7 Å². The number of hydrogen-bond donors (Lipinski definition) is 4. The predicted octanol–water partition coefficient (Wildman–Crippen LogP) is 4.42. The molecule has 4 N–H and O–H groups in total. The third kappa shape index (κ3) is 12.2. The molecule has 1 saturated heterocycles. The van der Waals surface area contributed by atoms with Crippen LogP contribution in [0.4, 0.5) is 5.69 Å². The summed E-state index contributed by atoms with van der Waals surface area (Å²) in [6, 6.07) is 5.78. The van der Waals surface area contributed by atoms with Gasteiger partial charge in [-0.2, -0.15) is 0 Å². The van der Waals surface area contributed by atoms with Crippen molar-refractivity contribution in [1.29, 1.82) is 5.41 Å². The molecule has 1 aliphatic heterocycles. The SMILES string of the molecule is CCCC(=N)c1nc(-c2cc(SN3CC(CCCCCC(CO[N+](=O)[O-])O[N+](=O)[O-])C3)ccc2OCC)[nH]c(=O)c1NC.O=CO. The van der Waals surface area contributed by atoms with Crippen LogP contribution in [0.15, 0.2) is 27.9 Å². The summed E-state index contributed by atoms with van der Waals surface area (Å²) in [6.07, 6.45) is 4.04. The maximum absolute atomic E-state index is 12.9. The first-order valence-corrected chi connectivity index (χ1v) is 15.6. The van der Waals surface area contributed by atoms with E-state index in [0.29, 0.717) is 60.3 Å². The number of unbranched alkanes of at least 4 members (excludes halogenated alkanes) is 2. The highest BCUT2D eigenvalue weighted by atomic mass is 32.2. The van der Waals surface area contributed by atoms with Crippen molar-refractivity contribution in [3.63, 3.8) is 0 Å². The smallest absolute Gasteiger partial charge is 0.294 e. The molecule has 1 unspecified atom stereocenters. The van der Waals surface area contributed by atoms with Crippen molar-refractivity contribution >= 4 is 29.8 Å². The maximum atomic E-state index is 12.9. The molecular formula is C28H41N7O10S. The van der Waals surface area contributed by atoms with Gasteiger partial charge in [0.25, 0.3) is 22.2 Å². The van der Waals surface area contributed by atoms with Crippen LogP contribution < -0.4 is 15.6 Å². The molecule has 0 saturated carbocycles. The summed E-state index contributed by atoms with van der Waals surface area (Å²) >= 11 is 1.62. The number of H-pyrrole nitrogens is 1. The zero-order chi connectivity index (χ0) is 34.1. The summed E-state index contributed by atoms with van der Waals surface area (Å²) in [6.45, 7) is 5.40.